The second kappa shape index (κ2) is 3.97. The number of rotatable bonds is 3. The molecule has 0 bridgehead atoms. The molecule has 0 unspecified atom stereocenters. The third-order valence-corrected chi connectivity index (χ3v) is 1.85. The number of aromatic nitrogens is 4. The summed E-state index contributed by atoms with van der Waals surface area (Å²) in [5.41, 5.74) is -0.121. The third kappa shape index (κ3) is 1.70. The number of hydrogen-bond donors (Lipinski definition) is 1. The molecule has 0 atom stereocenters. The molecule has 0 aliphatic heterocycles. The molecule has 7 nitrogen and oxygen atoms in total. The molecule has 7 heteroatoms. The maximum Gasteiger partial charge on any atom is 0.356 e. The van der Waals surface area contributed by atoms with Crippen LogP contribution < -0.4 is 4.74 Å². The zero-order valence-corrected chi connectivity index (χ0v) is 8.36. The van der Waals surface area contributed by atoms with Crippen molar-refractivity contribution in [3.05, 3.63) is 30.2 Å². The molecular weight excluding hydrogens is 212 g/mol. The Morgan fingerprint density at radius 1 is 1.44 bits per heavy atom. The van der Waals surface area contributed by atoms with Crippen molar-refractivity contribution in [1.29, 1.82) is 0 Å². The third-order valence-electron chi connectivity index (χ3n) is 1.85. The molecule has 0 fully saturated rings. The molecule has 0 aliphatic rings. The van der Waals surface area contributed by atoms with Crippen molar-refractivity contribution in [3.8, 4) is 11.8 Å². The van der Waals surface area contributed by atoms with Gasteiger partial charge in [-0.2, -0.15) is 9.78 Å². The molecule has 0 amide bonds. The van der Waals surface area contributed by atoms with Gasteiger partial charge in [-0.1, -0.05) is 0 Å². The maximum absolute atomic E-state index is 10.7. The molecule has 0 radical (unpaired) electrons. The van der Waals surface area contributed by atoms with Crippen LogP contribution in [-0.4, -0.2) is 37.9 Å². The summed E-state index contributed by atoms with van der Waals surface area (Å²) in [5.74, 6) is -0.608. The number of ether oxygens (including phenoxy) is 1. The van der Waals surface area contributed by atoms with Gasteiger partial charge in [0.2, 0.25) is 5.88 Å². The molecular formula is C9H8N4O3. The van der Waals surface area contributed by atoms with E-state index in [4.69, 9.17) is 9.84 Å². The van der Waals surface area contributed by atoms with Crippen LogP contribution in [0.3, 0.4) is 0 Å². The van der Waals surface area contributed by atoms with Gasteiger partial charge in [-0.05, 0) is 6.07 Å². The van der Waals surface area contributed by atoms with Crippen molar-refractivity contribution < 1.29 is 14.6 Å². The number of carboxylic acids is 1. The van der Waals surface area contributed by atoms with Crippen molar-refractivity contribution >= 4 is 5.97 Å². The summed E-state index contributed by atoms with van der Waals surface area (Å²) in [6.45, 7) is 0. The molecule has 16 heavy (non-hydrogen) atoms. The average Bonchev–Trinajstić information content (AvgIpc) is 2.74. The lowest BCUT2D eigenvalue weighted by atomic mass is 10.4. The first-order valence-corrected chi connectivity index (χ1v) is 4.37. The summed E-state index contributed by atoms with van der Waals surface area (Å²) in [7, 11) is 1.42. The molecule has 0 aromatic carbocycles. The van der Waals surface area contributed by atoms with Crippen molar-refractivity contribution in [2.45, 2.75) is 0 Å². The molecule has 0 aliphatic carbocycles. The molecule has 2 aromatic rings. The Kier molecular flexibility index (Phi) is 2.50. The summed E-state index contributed by atoms with van der Waals surface area (Å²) in [6, 6.07) is 2.95. The molecule has 2 aromatic heterocycles. The van der Waals surface area contributed by atoms with E-state index in [1.807, 2.05) is 0 Å². The standard InChI is InChI=1S/C9H8N4O3/c1-16-7-5-6(8(14)15)12-13(7)9-10-3-2-4-11-9/h2-5H,1H3,(H,14,15). The summed E-state index contributed by atoms with van der Waals surface area (Å²) in [4.78, 5) is 18.6. The fourth-order valence-electron chi connectivity index (χ4n) is 1.16. The Labute approximate surface area is 90.3 Å². The van der Waals surface area contributed by atoms with Crippen molar-refractivity contribution in [2.24, 2.45) is 0 Å². The second-order valence-corrected chi connectivity index (χ2v) is 2.84. The number of nitrogens with zero attached hydrogens (tertiary/aromatic N) is 4. The average molecular weight is 220 g/mol. The minimum absolute atomic E-state index is 0.121. The van der Waals surface area contributed by atoms with Gasteiger partial charge in [0.25, 0.3) is 5.95 Å². The van der Waals surface area contributed by atoms with Crippen LogP contribution in [0.15, 0.2) is 24.5 Å². The van der Waals surface area contributed by atoms with Crippen LogP contribution in [0.2, 0.25) is 0 Å². The predicted octanol–water partition coefficient (Wildman–Crippen LogP) is 0.369. The SMILES string of the molecule is COc1cc(C(=O)O)nn1-c1ncccn1. The minimum Gasteiger partial charge on any atom is -0.481 e. The van der Waals surface area contributed by atoms with Crippen molar-refractivity contribution in [1.82, 2.24) is 19.7 Å². The molecule has 0 spiro atoms. The molecule has 0 saturated heterocycles. The van der Waals surface area contributed by atoms with Crippen molar-refractivity contribution in [2.75, 3.05) is 7.11 Å². The van der Waals surface area contributed by atoms with Gasteiger partial charge in [0.1, 0.15) is 0 Å². The summed E-state index contributed by atoms with van der Waals surface area (Å²) in [6.07, 6.45) is 3.06. The maximum atomic E-state index is 10.7. The van der Waals surface area contributed by atoms with E-state index in [9.17, 15) is 4.79 Å². The van der Waals surface area contributed by atoms with Gasteiger partial charge in [-0.25, -0.2) is 14.8 Å². The van der Waals surface area contributed by atoms with Gasteiger partial charge in [0.15, 0.2) is 5.69 Å². The van der Waals surface area contributed by atoms with Crippen LogP contribution in [0.1, 0.15) is 10.5 Å². The van der Waals surface area contributed by atoms with Crippen LogP contribution in [0.25, 0.3) is 5.95 Å². The van der Waals surface area contributed by atoms with Gasteiger partial charge in [-0.3, -0.25) is 0 Å². The van der Waals surface area contributed by atoms with Gasteiger partial charge >= 0.3 is 5.97 Å². The van der Waals surface area contributed by atoms with E-state index >= 15 is 0 Å². The first kappa shape index (κ1) is 10.1. The van der Waals surface area contributed by atoms with E-state index in [0.29, 0.717) is 0 Å². The normalized spacial score (nSPS) is 10.1. The quantitative estimate of drug-likeness (QED) is 0.803. The number of methoxy groups -OCH3 is 1. The summed E-state index contributed by atoms with van der Waals surface area (Å²) in [5, 5.41) is 12.6. The summed E-state index contributed by atoms with van der Waals surface area (Å²) < 4.78 is 6.21. The Hall–Kier alpha value is -2.44. The Morgan fingerprint density at radius 3 is 2.69 bits per heavy atom. The van der Waals surface area contributed by atoms with Crippen LogP contribution in [0.5, 0.6) is 5.88 Å². The van der Waals surface area contributed by atoms with Crippen molar-refractivity contribution in [3.63, 3.8) is 0 Å². The van der Waals surface area contributed by atoms with Gasteiger partial charge in [-0.15, -0.1) is 0 Å². The topological polar surface area (TPSA) is 90.1 Å². The lowest BCUT2D eigenvalue weighted by Gasteiger charge is -2.02. The van der Waals surface area contributed by atoms with Gasteiger partial charge in [0, 0.05) is 18.5 Å². The van der Waals surface area contributed by atoms with Crippen LogP contribution in [0.4, 0.5) is 0 Å². The molecule has 1 N–H and O–H groups in total. The minimum atomic E-state index is -1.13. The van der Waals surface area contributed by atoms with E-state index < -0.39 is 5.97 Å². The van der Waals surface area contributed by atoms with E-state index in [0.717, 1.165) is 0 Å². The van der Waals surface area contributed by atoms with E-state index in [-0.39, 0.29) is 17.5 Å². The number of aromatic carboxylic acids is 1. The highest BCUT2D eigenvalue weighted by molar-refractivity contribution is 5.85. The monoisotopic (exact) mass is 220 g/mol. The molecule has 2 rings (SSSR count). The molecule has 82 valence electrons. The highest BCUT2D eigenvalue weighted by atomic mass is 16.5. The Balaban J connectivity index is 2.52. The smallest absolute Gasteiger partial charge is 0.356 e. The fraction of sp³-hybridized carbons (Fsp3) is 0.111. The Bertz CT molecular complexity index is 509. The van der Waals surface area contributed by atoms with Gasteiger partial charge < -0.3 is 9.84 Å². The first-order chi connectivity index (χ1) is 7.72. The first-order valence-electron chi connectivity index (χ1n) is 4.37. The van der Waals surface area contributed by atoms with Crippen LogP contribution >= 0.6 is 0 Å². The number of carboxylic acid groups (broad SMARTS) is 1. The lowest BCUT2D eigenvalue weighted by molar-refractivity contribution is 0.0690. The number of hydrogen-bond acceptors (Lipinski definition) is 5. The van der Waals surface area contributed by atoms with E-state index in [2.05, 4.69) is 15.1 Å². The Morgan fingerprint density at radius 2 is 2.12 bits per heavy atom. The van der Waals surface area contributed by atoms with Crippen LogP contribution in [-0.2, 0) is 0 Å². The molecule has 0 saturated carbocycles. The number of carbonyl (C=O) groups is 1. The largest absolute Gasteiger partial charge is 0.481 e. The summed E-state index contributed by atoms with van der Waals surface area (Å²) >= 11 is 0. The van der Waals surface area contributed by atoms with E-state index in [1.54, 1.807) is 6.07 Å². The van der Waals surface area contributed by atoms with Gasteiger partial charge in [0.05, 0.1) is 7.11 Å². The highest BCUT2D eigenvalue weighted by Gasteiger charge is 2.15. The van der Waals surface area contributed by atoms with Crippen LogP contribution in [0, 0.1) is 0 Å². The fourth-order valence-corrected chi connectivity index (χ4v) is 1.16. The molecule has 2 heterocycles. The zero-order chi connectivity index (χ0) is 11.5. The highest BCUT2D eigenvalue weighted by Crippen LogP contribution is 2.15. The second-order valence-electron chi connectivity index (χ2n) is 2.84. The van der Waals surface area contributed by atoms with E-state index in [1.165, 1.54) is 30.3 Å². The zero-order valence-electron chi connectivity index (χ0n) is 8.36. The predicted molar refractivity (Wildman–Crippen MR) is 52.7 cm³/mol. The lowest BCUT2D eigenvalue weighted by Crippen LogP contribution is -2.05.